The summed E-state index contributed by atoms with van der Waals surface area (Å²) in [6.07, 6.45) is -5.99. The molecule has 1 atom stereocenters. The minimum atomic E-state index is -4.30. The Morgan fingerprint density at radius 2 is 2.00 bits per heavy atom. The van der Waals surface area contributed by atoms with Crippen LogP contribution in [0.4, 0.5) is 13.2 Å². The lowest BCUT2D eigenvalue weighted by atomic mass is 10.1. The third-order valence-electron chi connectivity index (χ3n) is 2.87. The van der Waals surface area contributed by atoms with Gasteiger partial charge in [-0.3, -0.25) is 0 Å². The molecule has 0 radical (unpaired) electrons. The van der Waals surface area contributed by atoms with Gasteiger partial charge in [0.25, 0.3) is 0 Å². The van der Waals surface area contributed by atoms with Crippen LogP contribution in [-0.2, 0) is 10.0 Å². The van der Waals surface area contributed by atoms with Gasteiger partial charge in [-0.25, -0.2) is 13.1 Å². The maximum absolute atomic E-state index is 12.0. The summed E-state index contributed by atoms with van der Waals surface area (Å²) in [5.74, 6) is 0. The second-order valence-corrected chi connectivity index (χ2v) is 6.38. The minimum Gasteiger partial charge on any atom is -0.388 e. The summed E-state index contributed by atoms with van der Waals surface area (Å²) in [4.78, 5) is -0.0699. The number of alkyl halides is 3. The molecule has 120 valence electrons. The minimum absolute atomic E-state index is 0.0699. The zero-order chi connectivity index (χ0) is 16.1. The van der Waals surface area contributed by atoms with Gasteiger partial charge in [-0.1, -0.05) is 19.1 Å². The first-order valence-corrected chi connectivity index (χ1v) is 7.98. The highest BCUT2D eigenvalue weighted by Crippen LogP contribution is 2.22. The molecule has 21 heavy (non-hydrogen) atoms. The number of halogens is 3. The van der Waals surface area contributed by atoms with E-state index in [1.807, 2.05) is 0 Å². The largest absolute Gasteiger partial charge is 0.389 e. The number of aliphatic hydroxyl groups excluding tert-OH is 1. The summed E-state index contributed by atoms with van der Waals surface area (Å²) in [5, 5.41) is 9.68. The Labute approximate surface area is 122 Å². The number of benzene rings is 1. The highest BCUT2D eigenvalue weighted by atomic mass is 32.2. The molecule has 0 saturated heterocycles. The molecule has 8 heteroatoms. The van der Waals surface area contributed by atoms with Gasteiger partial charge in [0.05, 0.1) is 11.0 Å². The smallest absolute Gasteiger partial charge is 0.388 e. The van der Waals surface area contributed by atoms with Crippen molar-refractivity contribution in [3.05, 3.63) is 29.8 Å². The maximum Gasteiger partial charge on any atom is 0.389 e. The molecule has 2 N–H and O–H groups in total. The Balaban J connectivity index is 2.70. The zero-order valence-corrected chi connectivity index (χ0v) is 12.3. The normalized spacial score (nSPS) is 14.1. The van der Waals surface area contributed by atoms with Crippen LogP contribution >= 0.6 is 0 Å². The molecule has 1 rings (SSSR count). The topological polar surface area (TPSA) is 66.4 Å². The van der Waals surface area contributed by atoms with E-state index >= 15 is 0 Å². The van der Waals surface area contributed by atoms with E-state index in [9.17, 15) is 26.7 Å². The molecule has 1 aromatic rings. The Kier molecular flexibility index (Phi) is 6.18. The number of aliphatic hydroxyl groups is 1. The van der Waals surface area contributed by atoms with Gasteiger partial charge < -0.3 is 5.11 Å². The summed E-state index contributed by atoms with van der Waals surface area (Å²) in [7, 11) is -3.87. The average Bonchev–Trinajstić information content (AvgIpc) is 2.42. The molecule has 0 aromatic heterocycles. The lowest BCUT2D eigenvalue weighted by Crippen LogP contribution is -2.26. The van der Waals surface area contributed by atoms with Crippen LogP contribution in [0.25, 0.3) is 0 Å². The second kappa shape index (κ2) is 7.24. The Bertz CT molecular complexity index is 558. The molecular weight excluding hydrogens is 307 g/mol. The van der Waals surface area contributed by atoms with Gasteiger partial charge in [0.1, 0.15) is 0 Å². The van der Waals surface area contributed by atoms with E-state index in [1.54, 1.807) is 13.0 Å². The highest BCUT2D eigenvalue weighted by molar-refractivity contribution is 7.89. The van der Waals surface area contributed by atoms with Crippen molar-refractivity contribution in [2.45, 2.75) is 43.4 Å². The lowest BCUT2D eigenvalue weighted by molar-refractivity contribution is -0.135. The molecule has 1 aromatic carbocycles. The van der Waals surface area contributed by atoms with Crippen LogP contribution in [0.15, 0.2) is 29.2 Å². The molecular formula is C13H18F3NO3S. The molecule has 0 amide bonds. The monoisotopic (exact) mass is 325 g/mol. The number of nitrogens with one attached hydrogen (secondary N) is 1. The highest BCUT2D eigenvalue weighted by Gasteiger charge is 2.26. The fraction of sp³-hybridized carbons (Fsp3) is 0.538. The number of hydrogen-bond donors (Lipinski definition) is 2. The van der Waals surface area contributed by atoms with Crippen molar-refractivity contribution < 1.29 is 26.7 Å². The standard InChI is InChI=1S/C13H18F3NO3S/c1-2-12(18)10-5-3-6-11(9-10)21(19,20)17-8-4-7-13(14,15)16/h3,5-6,9,12,17-18H,2,4,7-8H2,1H3. The molecule has 0 aliphatic rings. The first kappa shape index (κ1) is 17.9. The molecule has 4 nitrogen and oxygen atoms in total. The van der Waals surface area contributed by atoms with Crippen LogP contribution in [0.5, 0.6) is 0 Å². The summed E-state index contributed by atoms with van der Waals surface area (Å²) < 4.78 is 61.9. The molecule has 1 unspecified atom stereocenters. The molecule has 0 heterocycles. The first-order valence-electron chi connectivity index (χ1n) is 6.50. The van der Waals surface area contributed by atoms with Crippen molar-refractivity contribution in [1.29, 1.82) is 0 Å². The predicted octanol–water partition coefficient (Wildman–Crippen LogP) is 2.75. The fourth-order valence-corrected chi connectivity index (χ4v) is 2.83. The number of sulfonamides is 1. The van der Waals surface area contributed by atoms with E-state index in [1.165, 1.54) is 18.2 Å². The summed E-state index contributed by atoms with van der Waals surface area (Å²) in [6.45, 7) is 1.46. The van der Waals surface area contributed by atoms with Gasteiger partial charge in [-0.05, 0) is 30.5 Å². The van der Waals surface area contributed by atoms with Gasteiger partial charge in [-0.15, -0.1) is 0 Å². The Morgan fingerprint density at radius 1 is 1.33 bits per heavy atom. The van der Waals surface area contributed by atoms with Gasteiger partial charge in [0.15, 0.2) is 0 Å². The third kappa shape index (κ3) is 6.03. The van der Waals surface area contributed by atoms with Crippen molar-refractivity contribution in [3.63, 3.8) is 0 Å². The van der Waals surface area contributed by atoms with Gasteiger partial charge >= 0.3 is 6.18 Å². The van der Waals surface area contributed by atoms with Crippen LogP contribution in [0.3, 0.4) is 0 Å². The third-order valence-corrected chi connectivity index (χ3v) is 4.33. The van der Waals surface area contributed by atoms with Gasteiger partial charge in [0.2, 0.25) is 10.0 Å². The van der Waals surface area contributed by atoms with Gasteiger partial charge in [0, 0.05) is 13.0 Å². The first-order chi connectivity index (χ1) is 9.65. The Morgan fingerprint density at radius 3 is 2.57 bits per heavy atom. The maximum atomic E-state index is 12.0. The molecule has 0 bridgehead atoms. The van der Waals surface area contributed by atoms with Crippen molar-refractivity contribution >= 4 is 10.0 Å². The van der Waals surface area contributed by atoms with E-state index < -0.39 is 28.7 Å². The summed E-state index contributed by atoms with van der Waals surface area (Å²) in [6, 6.07) is 5.73. The predicted molar refractivity (Wildman–Crippen MR) is 72.2 cm³/mol. The van der Waals surface area contributed by atoms with E-state index in [4.69, 9.17) is 0 Å². The summed E-state index contributed by atoms with van der Waals surface area (Å²) in [5.41, 5.74) is 0.454. The Hall–Kier alpha value is -1.12. The molecule has 0 fully saturated rings. The number of hydrogen-bond acceptors (Lipinski definition) is 3. The van der Waals surface area contributed by atoms with E-state index in [-0.39, 0.29) is 17.9 Å². The van der Waals surface area contributed by atoms with Gasteiger partial charge in [-0.2, -0.15) is 13.2 Å². The van der Waals surface area contributed by atoms with Crippen molar-refractivity contribution in [2.24, 2.45) is 0 Å². The SMILES string of the molecule is CCC(O)c1cccc(S(=O)(=O)NCCCC(F)(F)F)c1. The van der Waals surface area contributed by atoms with Crippen LogP contribution in [0, 0.1) is 0 Å². The molecule has 0 saturated carbocycles. The summed E-state index contributed by atoms with van der Waals surface area (Å²) >= 11 is 0. The lowest BCUT2D eigenvalue weighted by Gasteiger charge is -2.11. The van der Waals surface area contributed by atoms with Crippen LogP contribution in [0.1, 0.15) is 37.9 Å². The van der Waals surface area contributed by atoms with E-state index in [2.05, 4.69) is 4.72 Å². The zero-order valence-electron chi connectivity index (χ0n) is 11.5. The van der Waals surface area contributed by atoms with E-state index in [0.29, 0.717) is 12.0 Å². The molecule has 0 aliphatic heterocycles. The van der Waals surface area contributed by atoms with Crippen LogP contribution in [0.2, 0.25) is 0 Å². The quantitative estimate of drug-likeness (QED) is 0.758. The fourth-order valence-electron chi connectivity index (χ4n) is 1.70. The molecule has 0 spiro atoms. The van der Waals surface area contributed by atoms with Crippen LogP contribution in [-0.4, -0.2) is 26.2 Å². The number of rotatable bonds is 7. The second-order valence-electron chi connectivity index (χ2n) is 4.61. The average molecular weight is 325 g/mol. The van der Waals surface area contributed by atoms with Crippen molar-refractivity contribution in [3.8, 4) is 0 Å². The van der Waals surface area contributed by atoms with E-state index in [0.717, 1.165) is 0 Å². The van der Waals surface area contributed by atoms with Crippen molar-refractivity contribution in [2.75, 3.05) is 6.54 Å². The van der Waals surface area contributed by atoms with Crippen LogP contribution < -0.4 is 4.72 Å². The molecule has 0 aliphatic carbocycles. The van der Waals surface area contributed by atoms with Crippen molar-refractivity contribution in [1.82, 2.24) is 4.72 Å².